The highest BCUT2D eigenvalue weighted by Crippen LogP contribution is 2.28. The molecule has 0 spiro atoms. The van der Waals surface area contributed by atoms with Crippen molar-refractivity contribution in [2.75, 3.05) is 11.4 Å². The van der Waals surface area contributed by atoms with Crippen LogP contribution in [0, 0.1) is 5.82 Å². The highest BCUT2D eigenvalue weighted by molar-refractivity contribution is 5.97. The summed E-state index contributed by atoms with van der Waals surface area (Å²) in [4.78, 5) is 35.1. The van der Waals surface area contributed by atoms with Crippen LogP contribution in [0.5, 0.6) is 0 Å². The first-order valence-corrected chi connectivity index (χ1v) is 6.26. The predicted octanol–water partition coefficient (Wildman–Crippen LogP) is 0.226. The summed E-state index contributed by atoms with van der Waals surface area (Å²) in [7, 11) is 0. The van der Waals surface area contributed by atoms with E-state index in [0.29, 0.717) is 18.7 Å². The summed E-state index contributed by atoms with van der Waals surface area (Å²) in [5.41, 5.74) is 6.14. The van der Waals surface area contributed by atoms with E-state index in [2.05, 4.69) is 5.32 Å². The van der Waals surface area contributed by atoms with Gasteiger partial charge in [-0.25, -0.2) is 14.0 Å². The third kappa shape index (κ3) is 3.28. The number of rotatable bonds is 4. The first kappa shape index (κ1) is 14.8. The smallest absolute Gasteiger partial charge is 0.326 e. The van der Waals surface area contributed by atoms with Crippen LogP contribution < -0.4 is 16.0 Å². The van der Waals surface area contributed by atoms with Gasteiger partial charge in [0.2, 0.25) is 5.91 Å². The van der Waals surface area contributed by atoms with E-state index in [1.807, 2.05) is 0 Å². The van der Waals surface area contributed by atoms with Crippen molar-refractivity contribution < 1.29 is 23.9 Å². The molecule has 0 radical (unpaired) electrons. The summed E-state index contributed by atoms with van der Waals surface area (Å²) in [5.74, 6) is -2.68. The zero-order valence-electron chi connectivity index (χ0n) is 11.0. The molecule has 0 unspecified atom stereocenters. The van der Waals surface area contributed by atoms with Crippen molar-refractivity contribution >= 4 is 23.6 Å². The minimum absolute atomic E-state index is 0.313. The van der Waals surface area contributed by atoms with Crippen LogP contribution in [0.2, 0.25) is 0 Å². The Hall–Kier alpha value is -2.64. The van der Waals surface area contributed by atoms with Gasteiger partial charge in [-0.05, 0) is 24.1 Å². The van der Waals surface area contributed by atoms with Crippen LogP contribution in [0.25, 0.3) is 0 Å². The van der Waals surface area contributed by atoms with Crippen molar-refractivity contribution in [3.63, 3.8) is 0 Å². The molecule has 0 aromatic heterocycles. The summed E-state index contributed by atoms with van der Waals surface area (Å²) < 4.78 is 13.2. The molecule has 1 aromatic carbocycles. The van der Waals surface area contributed by atoms with Crippen molar-refractivity contribution in [1.82, 2.24) is 5.32 Å². The van der Waals surface area contributed by atoms with Crippen LogP contribution in [-0.4, -0.2) is 35.6 Å². The van der Waals surface area contributed by atoms with Crippen molar-refractivity contribution in [2.45, 2.75) is 18.9 Å². The van der Waals surface area contributed by atoms with E-state index in [1.54, 1.807) is 6.07 Å². The second-order valence-electron chi connectivity index (χ2n) is 4.69. The number of benzene rings is 1. The number of nitrogens with two attached hydrogens (primary N) is 1. The Morgan fingerprint density at radius 3 is 2.76 bits per heavy atom. The maximum absolute atomic E-state index is 13.2. The molecule has 2 rings (SSSR count). The molecule has 1 heterocycles. The van der Waals surface area contributed by atoms with Gasteiger partial charge in [0.15, 0.2) is 0 Å². The van der Waals surface area contributed by atoms with Crippen molar-refractivity contribution in [2.24, 2.45) is 5.73 Å². The average molecular weight is 295 g/mol. The number of fused-ring (bicyclic) bond motifs is 1. The number of amides is 3. The molecule has 1 aliphatic heterocycles. The number of aliphatic carboxylic acids is 1. The van der Waals surface area contributed by atoms with Gasteiger partial charge in [0.1, 0.15) is 11.9 Å². The van der Waals surface area contributed by atoms with Gasteiger partial charge in [-0.15, -0.1) is 0 Å². The number of carboxylic acids is 1. The van der Waals surface area contributed by atoms with Crippen LogP contribution in [0.15, 0.2) is 18.2 Å². The summed E-state index contributed by atoms with van der Waals surface area (Å²) in [6.07, 6.45) is 0.0432. The van der Waals surface area contributed by atoms with E-state index in [1.165, 1.54) is 17.0 Å². The van der Waals surface area contributed by atoms with Crippen LogP contribution in [0.3, 0.4) is 0 Å². The summed E-state index contributed by atoms with van der Waals surface area (Å²) in [6.45, 7) is 0.313. The molecule has 0 saturated carbocycles. The SMILES string of the molecule is NC(=O)C[C@@H](NC(=O)N1CCc2ccc(F)cc21)C(=O)O. The molecule has 0 saturated heterocycles. The number of anilines is 1. The molecule has 8 heteroatoms. The lowest BCUT2D eigenvalue weighted by molar-refractivity contribution is -0.140. The van der Waals surface area contributed by atoms with E-state index in [9.17, 15) is 18.8 Å². The summed E-state index contributed by atoms with van der Waals surface area (Å²) >= 11 is 0. The molecule has 1 atom stereocenters. The van der Waals surface area contributed by atoms with Crippen LogP contribution >= 0.6 is 0 Å². The first-order chi connectivity index (χ1) is 9.88. The van der Waals surface area contributed by atoms with E-state index < -0.39 is 36.2 Å². The first-order valence-electron chi connectivity index (χ1n) is 6.26. The number of nitrogens with one attached hydrogen (secondary N) is 1. The standard InChI is InChI=1S/C13H14FN3O4/c14-8-2-1-7-3-4-17(10(7)5-8)13(21)16-9(12(19)20)6-11(15)18/h1-2,5,9H,3-4,6H2,(H2,15,18)(H,16,21)(H,19,20)/t9-/m1/s1. The fourth-order valence-electron chi connectivity index (χ4n) is 2.19. The second-order valence-corrected chi connectivity index (χ2v) is 4.69. The van der Waals surface area contributed by atoms with E-state index in [4.69, 9.17) is 10.8 Å². The Morgan fingerprint density at radius 2 is 2.14 bits per heavy atom. The van der Waals surface area contributed by atoms with Gasteiger partial charge in [-0.1, -0.05) is 6.07 Å². The summed E-state index contributed by atoms with van der Waals surface area (Å²) in [5, 5.41) is 11.2. The molecule has 3 amide bonds. The minimum Gasteiger partial charge on any atom is -0.480 e. The molecule has 21 heavy (non-hydrogen) atoms. The van der Waals surface area contributed by atoms with E-state index in [0.717, 1.165) is 5.56 Å². The van der Waals surface area contributed by atoms with Gasteiger partial charge >= 0.3 is 12.0 Å². The lowest BCUT2D eigenvalue weighted by Crippen LogP contribution is -2.49. The molecule has 112 valence electrons. The number of hydrogen-bond donors (Lipinski definition) is 3. The predicted molar refractivity (Wildman–Crippen MR) is 71.2 cm³/mol. The second kappa shape index (κ2) is 5.78. The zero-order valence-corrected chi connectivity index (χ0v) is 11.0. The van der Waals surface area contributed by atoms with Crippen LogP contribution in [0.1, 0.15) is 12.0 Å². The van der Waals surface area contributed by atoms with Gasteiger partial charge in [-0.2, -0.15) is 0 Å². The highest BCUT2D eigenvalue weighted by Gasteiger charge is 2.29. The molecule has 0 aliphatic carbocycles. The number of nitrogens with zero attached hydrogens (tertiary/aromatic N) is 1. The van der Waals surface area contributed by atoms with Crippen molar-refractivity contribution in [3.8, 4) is 0 Å². The molecule has 0 fully saturated rings. The molecular formula is C13H14FN3O4. The van der Waals surface area contributed by atoms with Gasteiger partial charge in [0.05, 0.1) is 12.1 Å². The third-order valence-corrected chi connectivity index (χ3v) is 3.19. The maximum Gasteiger partial charge on any atom is 0.326 e. The number of hydrogen-bond acceptors (Lipinski definition) is 3. The quantitative estimate of drug-likeness (QED) is 0.737. The molecule has 4 N–H and O–H groups in total. The number of carbonyl (C=O) groups is 3. The molecule has 0 bridgehead atoms. The highest BCUT2D eigenvalue weighted by atomic mass is 19.1. The number of primary amides is 1. The van der Waals surface area contributed by atoms with Crippen LogP contribution in [-0.2, 0) is 16.0 Å². The Kier molecular flexibility index (Phi) is 4.06. The monoisotopic (exact) mass is 295 g/mol. The van der Waals surface area contributed by atoms with Gasteiger partial charge < -0.3 is 16.2 Å². The lowest BCUT2D eigenvalue weighted by Gasteiger charge is -2.21. The average Bonchev–Trinajstić information content (AvgIpc) is 2.80. The van der Waals surface area contributed by atoms with Crippen LogP contribution in [0.4, 0.5) is 14.9 Å². The molecule has 7 nitrogen and oxygen atoms in total. The zero-order chi connectivity index (χ0) is 15.6. The largest absolute Gasteiger partial charge is 0.480 e. The van der Waals surface area contributed by atoms with Crippen molar-refractivity contribution in [1.29, 1.82) is 0 Å². The Morgan fingerprint density at radius 1 is 1.43 bits per heavy atom. The Bertz CT molecular complexity index is 605. The molecule has 1 aliphatic rings. The maximum atomic E-state index is 13.2. The summed E-state index contributed by atoms with van der Waals surface area (Å²) in [6, 6.07) is 1.98. The normalized spacial score (nSPS) is 14.4. The molecular weight excluding hydrogens is 281 g/mol. The number of carbonyl (C=O) groups excluding carboxylic acids is 2. The third-order valence-electron chi connectivity index (χ3n) is 3.19. The number of urea groups is 1. The Balaban J connectivity index is 2.13. The molecule has 1 aromatic rings. The van der Waals surface area contributed by atoms with Gasteiger partial charge in [-0.3, -0.25) is 9.69 Å². The minimum atomic E-state index is -1.41. The topological polar surface area (TPSA) is 113 Å². The lowest BCUT2D eigenvalue weighted by atomic mass is 10.2. The van der Waals surface area contributed by atoms with Gasteiger partial charge in [0, 0.05) is 6.54 Å². The van der Waals surface area contributed by atoms with Gasteiger partial charge in [0.25, 0.3) is 0 Å². The van der Waals surface area contributed by atoms with E-state index >= 15 is 0 Å². The van der Waals surface area contributed by atoms with E-state index in [-0.39, 0.29) is 0 Å². The Labute approximate surface area is 119 Å². The fraction of sp³-hybridized carbons (Fsp3) is 0.308. The number of carboxylic acid groups (broad SMARTS) is 1. The number of halogens is 1. The van der Waals surface area contributed by atoms with Crippen molar-refractivity contribution in [3.05, 3.63) is 29.6 Å². The fourth-order valence-corrected chi connectivity index (χ4v) is 2.19.